The van der Waals surface area contributed by atoms with Crippen molar-refractivity contribution >= 4 is 0 Å². The summed E-state index contributed by atoms with van der Waals surface area (Å²) < 4.78 is 13.2. The minimum atomic E-state index is -0.843. The highest BCUT2D eigenvalue weighted by Crippen LogP contribution is 2.77. The topological polar surface area (TPSA) is 62.2 Å². The third kappa shape index (κ3) is 1.74. The van der Waals surface area contributed by atoms with Gasteiger partial charge in [0.05, 0.1) is 5.60 Å². The summed E-state index contributed by atoms with van der Waals surface area (Å²) >= 11 is 0. The summed E-state index contributed by atoms with van der Waals surface area (Å²) in [5.74, 6) is 0.989. The number of aromatic hydroxyl groups is 1. The molecule has 0 amide bonds. The molecule has 0 aromatic heterocycles. The van der Waals surface area contributed by atoms with Crippen LogP contribution in [0.5, 0.6) is 11.5 Å². The highest BCUT2D eigenvalue weighted by Gasteiger charge is 2.82. The van der Waals surface area contributed by atoms with E-state index in [-0.39, 0.29) is 28.6 Å². The number of benzene rings is 1. The molecule has 5 fully saturated rings. The van der Waals surface area contributed by atoms with Crippen molar-refractivity contribution in [2.45, 2.75) is 93.6 Å². The van der Waals surface area contributed by atoms with Gasteiger partial charge >= 0.3 is 0 Å². The fourth-order valence-corrected chi connectivity index (χ4v) is 9.16. The Bertz CT molecular complexity index is 951. The zero-order valence-electron chi connectivity index (χ0n) is 18.3. The van der Waals surface area contributed by atoms with E-state index < -0.39 is 11.2 Å². The standard InChI is InChI=1S/C25H33NO4/c1-22(2,28)17-13-23-8-9-25(17,29-3)21-24(23)10-11-26(15-5-6-15)18(23)12-14-4-7-16(27)20(30-21)19(14)24/h4,7,15,17-18,21,27-28H,5-6,8-13H2,1-3H3/t17?,18-,21-,23-,24+,25?/m1/s1. The van der Waals surface area contributed by atoms with Crippen LogP contribution in [0.3, 0.4) is 0 Å². The maximum Gasteiger partial charge on any atom is 0.165 e. The normalized spacial score (nSPS) is 45.9. The summed E-state index contributed by atoms with van der Waals surface area (Å²) in [6.45, 7) is 5.01. The highest BCUT2D eigenvalue weighted by molar-refractivity contribution is 5.63. The molecule has 2 spiro atoms. The number of phenolic OH excluding ortho intramolecular Hbond substituents is 1. The first kappa shape index (κ1) is 18.3. The van der Waals surface area contributed by atoms with Crippen LogP contribution >= 0.6 is 0 Å². The third-order valence-corrected chi connectivity index (χ3v) is 10.3. The van der Waals surface area contributed by atoms with Gasteiger partial charge in [-0.05, 0) is 77.0 Å². The average Bonchev–Trinajstić information content (AvgIpc) is 3.48. The largest absolute Gasteiger partial charge is 0.504 e. The molecule has 2 N–H and O–H groups in total. The minimum Gasteiger partial charge on any atom is -0.504 e. The maximum absolute atomic E-state index is 11.3. The Morgan fingerprint density at radius 3 is 2.70 bits per heavy atom. The lowest BCUT2D eigenvalue weighted by atomic mass is 9.34. The van der Waals surface area contributed by atoms with E-state index in [0.29, 0.717) is 11.8 Å². The summed E-state index contributed by atoms with van der Waals surface area (Å²) in [5.41, 5.74) is 1.26. The monoisotopic (exact) mass is 411 g/mol. The van der Waals surface area contributed by atoms with E-state index in [1.807, 2.05) is 19.9 Å². The van der Waals surface area contributed by atoms with E-state index >= 15 is 0 Å². The van der Waals surface area contributed by atoms with Gasteiger partial charge in [0.15, 0.2) is 11.5 Å². The summed E-state index contributed by atoms with van der Waals surface area (Å²) in [6.07, 6.45) is 7.63. The van der Waals surface area contributed by atoms with Crippen molar-refractivity contribution in [3.63, 3.8) is 0 Å². The zero-order chi connectivity index (χ0) is 20.7. The molecule has 6 atom stereocenters. The second-order valence-electron chi connectivity index (χ2n) is 11.6. The summed E-state index contributed by atoms with van der Waals surface area (Å²) in [5, 5.41) is 22.1. The number of likely N-dealkylation sites (tertiary alicyclic amines) is 1. The van der Waals surface area contributed by atoms with E-state index in [1.54, 1.807) is 7.11 Å². The molecular formula is C25H33NO4. The first-order valence-corrected chi connectivity index (χ1v) is 11.8. The van der Waals surface area contributed by atoms with Crippen LogP contribution in [0, 0.1) is 11.3 Å². The van der Waals surface area contributed by atoms with Gasteiger partial charge in [0.1, 0.15) is 11.7 Å². The third-order valence-electron chi connectivity index (χ3n) is 10.3. The van der Waals surface area contributed by atoms with Gasteiger partial charge in [-0.1, -0.05) is 6.07 Å². The molecule has 30 heavy (non-hydrogen) atoms. The maximum atomic E-state index is 11.3. The molecule has 1 aromatic carbocycles. The van der Waals surface area contributed by atoms with Crippen LogP contribution in [0.15, 0.2) is 12.1 Å². The first-order valence-electron chi connectivity index (χ1n) is 11.8. The lowest BCUT2D eigenvalue weighted by Gasteiger charge is -2.75. The van der Waals surface area contributed by atoms with E-state index in [4.69, 9.17) is 9.47 Å². The predicted octanol–water partition coefficient (Wildman–Crippen LogP) is 3.14. The quantitative estimate of drug-likeness (QED) is 0.800. The van der Waals surface area contributed by atoms with Gasteiger partial charge < -0.3 is 19.7 Å². The summed E-state index contributed by atoms with van der Waals surface area (Å²) in [4.78, 5) is 2.82. The van der Waals surface area contributed by atoms with Crippen LogP contribution in [0.25, 0.3) is 0 Å². The van der Waals surface area contributed by atoms with Gasteiger partial charge in [0.25, 0.3) is 0 Å². The number of rotatable bonds is 3. The Hall–Kier alpha value is -1.30. The Morgan fingerprint density at radius 2 is 2.00 bits per heavy atom. The Kier molecular flexibility index (Phi) is 3.16. The lowest BCUT2D eigenvalue weighted by molar-refractivity contribution is -0.300. The number of hydrogen-bond acceptors (Lipinski definition) is 5. The van der Waals surface area contributed by atoms with Gasteiger partial charge in [-0.2, -0.15) is 0 Å². The highest BCUT2D eigenvalue weighted by atomic mass is 16.6. The van der Waals surface area contributed by atoms with Gasteiger partial charge in [-0.3, -0.25) is 4.90 Å². The number of phenols is 1. The molecule has 5 aliphatic carbocycles. The van der Waals surface area contributed by atoms with Crippen molar-refractivity contribution in [2.75, 3.05) is 13.7 Å². The van der Waals surface area contributed by atoms with Gasteiger partial charge in [0, 0.05) is 41.5 Å². The van der Waals surface area contributed by atoms with Crippen LogP contribution in [-0.2, 0) is 16.6 Å². The molecule has 4 saturated carbocycles. The minimum absolute atomic E-state index is 0.0153. The SMILES string of the molecule is COC12CC[C@@]3(CC1C(C)(C)O)[C@H]1Cc4ccc(O)c5c4[C@@]3(CCN1C1CC1)[C@H]2O5. The van der Waals surface area contributed by atoms with Crippen LogP contribution in [0.4, 0.5) is 0 Å². The molecule has 8 rings (SSSR count). The molecule has 162 valence electrons. The molecule has 4 bridgehead atoms. The summed E-state index contributed by atoms with van der Waals surface area (Å²) in [7, 11) is 1.81. The number of fused-ring (bicyclic) bond motifs is 2. The smallest absolute Gasteiger partial charge is 0.165 e. The Balaban J connectivity index is 1.53. The van der Waals surface area contributed by atoms with Crippen molar-refractivity contribution < 1.29 is 19.7 Å². The van der Waals surface area contributed by atoms with E-state index in [2.05, 4.69) is 11.0 Å². The number of methoxy groups -OCH3 is 1. The number of nitrogens with zero attached hydrogens (tertiary/aromatic N) is 1. The second-order valence-corrected chi connectivity index (χ2v) is 11.6. The lowest BCUT2D eigenvalue weighted by Crippen LogP contribution is -2.82. The molecule has 1 saturated heterocycles. The fourth-order valence-electron chi connectivity index (χ4n) is 9.16. The van der Waals surface area contributed by atoms with Gasteiger partial charge in [0.2, 0.25) is 0 Å². The zero-order valence-corrected chi connectivity index (χ0v) is 18.3. The van der Waals surface area contributed by atoms with Crippen LogP contribution in [-0.4, -0.2) is 58.2 Å². The van der Waals surface area contributed by atoms with E-state index in [9.17, 15) is 10.2 Å². The molecule has 5 heteroatoms. The number of piperidine rings is 1. The van der Waals surface area contributed by atoms with Gasteiger partial charge in [-0.25, -0.2) is 0 Å². The molecule has 5 nitrogen and oxygen atoms in total. The fraction of sp³-hybridized carbons (Fsp3) is 0.760. The van der Waals surface area contributed by atoms with Crippen LogP contribution in [0.2, 0.25) is 0 Å². The Labute approximate surface area is 178 Å². The first-order chi connectivity index (χ1) is 14.3. The molecular weight excluding hydrogens is 378 g/mol. The summed E-state index contributed by atoms with van der Waals surface area (Å²) in [6, 6.07) is 5.20. The predicted molar refractivity (Wildman–Crippen MR) is 112 cm³/mol. The molecule has 2 aliphatic heterocycles. The molecule has 2 unspecified atom stereocenters. The number of ether oxygens (including phenoxy) is 2. The van der Waals surface area contributed by atoms with Crippen molar-refractivity contribution in [2.24, 2.45) is 11.3 Å². The van der Waals surface area contributed by atoms with Gasteiger partial charge in [-0.15, -0.1) is 0 Å². The molecule has 2 heterocycles. The Morgan fingerprint density at radius 1 is 1.20 bits per heavy atom. The average molecular weight is 412 g/mol. The molecule has 7 aliphatic rings. The molecule has 1 aromatic rings. The van der Waals surface area contributed by atoms with E-state index in [1.165, 1.54) is 24.0 Å². The van der Waals surface area contributed by atoms with Crippen molar-refractivity contribution in [3.05, 3.63) is 23.3 Å². The van der Waals surface area contributed by atoms with Crippen molar-refractivity contribution in [1.29, 1.82) is 0 Å². The second kappa shape index (κ2) is 5.19. The van der Waals surface area contributed by atoms with Crippen LogP contribution in [0.1, 0.15) is 63.5 Å². The number of aliphatic hydroxyl groups is 1. The van der Waals surface area contributed by atoms with Crippen molar-refractivity contribution in [3.8, 4) is 11.5 Å². The van der Waals surface area contributed by atoms with E-state index in [0.717, 1.165) is 44.7 Å². The van der Waals surface area contributed by atoms with Crippen LogP contribution < -0.4 is 4.74 Å². The molecule has 0 radical (unpaired) electrons. The van der Waals surface area contributed by atoms with Crippen molar-refractivity contribution in [1.82, 2.24) is 4.90 Å². The number of hydrogen-bond donors (Lipinski definition) is 2.